The minimum atomic E-state index is -2.60. The molecule has 4 saturated heterocycles. The summed E-state index contributed by atoms with van der Waals surface area (Å²) in [5.74, 6) is 0.860. The molecule has 5 fully saturated rings. The molecule has 1 unspecified atom stereocenters. The molecule has 74 heavy (non-hydrogen) atoms. The number of fused-ring (bicyclic) bond motifs is 1. The fraction of sp³-hybridized carbons (Fsp3) is 0.463. The van der Waals surface area contributed by atoms with E-state index in [-0.39, 0.29) is 18.7 Å². The predicted molar refractivity (Wildman–Crippen MR) is 290 cm³/mol. The Morgan fingerprint density at radius 1 is 0.784 bits per heavy atom. The van der Waals surface area contributed by atoms with Crippen LogP contribution in [-0.4, -0.2) is 150 Å². The molecule has 11 rings (SSSR count). The molecular formula is C54H64BrN12O6P. The number of hydrogen-bond donors (Lipinski definition) is 3. The third kappa shape index (κ3) is 10.3. The SMILES string of the molecule is COc1cc(N2CCC(N3CCC(CN4CCN(c5ccc6c(c5)C(=O)N(C5CCC(=O)NC5=O)C6=O)CC4)CC3)CC2)c(-c2cnn(C)c2)cc1Nc1ncc(Br)c(Nc2ccc(C3CC3)cc2P(C)(C)=O)n1. The molecule has 3 N–H and O–H groups in total. The number of ether oxygens (including phenoxy) is 1. The van der Waals surface area contributed by atoms with Crippen molar-refractivity contribution in [2.24, 2.45) is 13.0 Å². The molecule has 6 aliphatic rings. The van der Waals surface area contributed by atoms with Crippen LogP contribution in [0, 0.1) is 5.92 Å². The summed E-state index contributed by atoms with van der Waals surface area (Å²) in [5.41, 5.74) is 7.39. The Hall–Kier alpha value is -6.14. The lowest BCUT2D eigenvalue weighted by Crippen LogP contribution is -2.54. The van der Waals surface area contributed by atoms with E-state index in [1.165, 1.54) is 31.2 Å². The maximum atomic E-state index is 13.5. The maximum absolute atomic E-state index is 13.5. The number of anilines is 6. The van der Waals surface area contributed by atoms with Crippen LogP contribution in [0.1, 0.15) is 83.6 Å². The zero-order valence-corrected chi connectivity index (χ0v) is 45.0. The Morgan fingerprint density at radius 3 is 2.23 bits per heavy atom. The van der Waals surface area contributed by atoms with Gasteiger partial charge < -0.3 is 34.6 Å². The minimum absolute atomic E-state index is 0.0947. The van der Waals surface area contributed by atoms with Gasteiger partial charge in [-0.2, -0.15) is 10.1 Å². The molecule has 1 atom stereocenters. The molecule has 388 valence electrons. The number of benzene rings is 3. The van der Waals surface area contributed by atoms with Crippen molar-refractivity contribution < 1.29 is 28.5 Å². The van der Waals surface area contributed by atoms with Crippen molar-refractivity contribution in [2.75, 3.05) is 99.8 Å². The van der Waals surface area contributed by atoms with E-state index in [2.05, 4.69) is 85.8 Å². The van der Waals surface area contributed by atoms with E-state index in [1.807, 2.05) is 49.6 Å². The maximum Gasteiger partial charge on any atom is 0.262 e. The average molecular weight is 1090 g/mol. The summed E-state index contributed by atoms with van der Waals surface area (Å²) in [6.07, 6.45) is 12.7. The van der Waals surface area contributed by atoms with Crippen molar-refractivity contribution in [3.05, 3.63) is 88.3 Å². The molecule has 0 radical (unpaired) electrons. The number of nitrogens with zero attached hydrogens (tertiary/aromatic N) is 9. The first-order valence-corrected chi connectivity index (χ1v) is 29.4. The van der Waals surface area contributed by atoms with Crippen LogP contribution in [0.2, 0.25) is 0 Å². The number of piperazine rings is 1. The van der Waals surface area contributed by atoms with Crippen LogP contribution in [0.5, 0.6) is 5.75 Å². The number of amides is 4. The van der Waals surface area contributed by atoms with Gasteiger partial charge in [-0.3, -0.25) is 39.0 Å². The summed E-state index contributed by atoms with van der Waals surface area (Å²) in [6.45, 7) is 12.2. The van der Waals surface area contributed by atoms with Gasteiger partial charge in [-0.05, 0) is 141 Å². The minimum Gasteiger partial charge on any atom is -0.494 e. The third-order valence-electron chi connectivity index (χ3n) is 15.9. The zero-order chi connectivity index (χ0) is 51.4. The lowest BCUT2D eigenvalue weighted by atomic mass is 9.92. The molecule has 4 amide bonds. The number of nitrogens with one attached hydrogen (secondary N) is 3. The van der Waals surface area contributed by atoms with E-state index in [0.29, 0.717) is 51.0 Å². The number of halogens is 1. The summed E-state index contributed by atoms with van der Waals surface area (Å²) in [7, 11) is 1.02. The van der Waals surface area contributed by atoms with Gasteiger partial charge in [0, 0.05) is 112 Å². The van der Waals surface area contributed by atoms with Gasteiger partial charge in [-0.1, -0.05) is 6.07 Å². The Labute approximate surface area is 440 Å². The van der Waals surface area contributed by atoms with Crippen molar-refractivity contribution in [3.8, 4) is 16.9 Å². The molecule has 18 nitrogen and oxygen atoms in total. The van der Waals surface area contributed by atoms with Gasteiger partial charge in [-0.15, -0.1) is 0 Å². The van der Waals surface area contributed by atoms with Crippen LogP contribution in [0.25, 0.3) is 11.1 Å². The van der Waals surface area contributed by atoms with E-state index in [4.69, 9.17) is 9.72 Å². The summed E-state index contributed by atoms with van der Waals surface area (Å²) in [5, 5.41) is 14.5. The Kier molecular flexibility index (Phi) is 13.9. The standard InChI is InChI=1S/C54H64BrN12O6P/c1-62-32-36(29-57-62)40-27-44(59-54-56-30-42(55)50(61-54)58-43-10-7-35(34-5-6-34)25-48(43)74(3,4)72)47(73-2)28-46(40)66-19-15-37(16-20-66)64-17-13-33(14-18-64)31-63-21-23-65(24-22-63)38-8-9-39-41(26-38)53(71)67(52(39)70)45-11-12-49(68)60-51(45)69/h7-10,25-30,32-34,37,45H,5-6,11-24,31H2,1-4H3,(H,60,68,69)(H2,56,58,59,61). The molecule has 1 saturated carbocycles. The van der Waals surface area contributed by atoms with Gasteiger partial charge in [0.15, 0.2) is 0 Å². The van der Waals surface area contributed by atoms with E-state index < -0.39 is 30.9 Å². The number of methoxy groups -OCH3 is 1. The van der Waals surface area contributed by atoms with Gasteiger partial charge in [0.05, 0.1) is 40.3 Å². The fourth-order valence-corrected chi connectivity index (χ4v) is 13.1. The second-order valence-electron chi connectivity index (χ2n) is 21.2. The first-order valence-electron chi connectivity index (χ1n) is 26.0. The van der Waals surface area contributed by atoms with Crippen LogP contribution in [0.15, 0.2) is 71.6 Å². The first kappa shape index (κ1) is 50.0. The van der Waals surface area contributed by atoms with Crippen LogP contribution < -0.4 is 35.8 Å². The smallest absolute Gasteiger partial charge is 0.262 e. The summed E-state index contributed by atoms with van der Waals surface area (Å²) >= 11 is 3.64. The number of carbonyl (C=O) groups excluding carboxylic acids is 4. The van der Waals surface area contributed by atoms with Crippen molar-refractivity contribution in [1.29, 1.82) is 0 Å². The Bertz CT molecular complexity index is 3060. The largest absolute Gasteiger partial charge is 0.494 e. The normalized spacial score (nSPS) is 20.6. The zero-order valence-electron chi connectivity index (χ0n) is 42.5. The molecule has 7 heterocycles. The molecule has 0 spiro atoms. The summed E-state index contributed by atoms with van der Waals surface area (Å²) < 4.78 is 22.1. The molecule has 5 aliphatic heterocycles. The van der Waals surface area contributed by atoms with Gasteiger partial charge in [0.2, 0.25) is 17.8 Å². The first-order chi connectivity index (χ1) is 35.7. The number of piperidine rings is 3. The monoisotopic (exact) mass is 1090 g/mol. The van der Waals surface area contributed by atoms with E-state index in [0.717, 1.165) is 116 Å². The molecular weight excluding hydrogens is 1020 g/mol. The second kappa shape index (κ2) is 20.5. The van der Waals surface area contributed by atoms with Gasteiger partial charge >= 0.3 is 0 Å². The van der Waals surface area contributed by atoms with Gasteiger partial charge in [-0.25, -0.2) is 4.98 Å². The molecule has 1 aliphatic carbocycles. The van der Waals surface area contributed by atoms with Gasteiger partial charge in [0.1, 0.15) is 24.8 Å². The topological polar surface area (TPSA) is 190 Å². The molecule has 3 aromatic carbocycles. The van der Waals surface area contributed by atoms with Crippen LogP contribution in [-0.2, 0) is 21.2 Å². The highest BCUT2D eigenvalue weighted by Gasteiger charge is 2.45. The third-order valence-corrected chi connectivity index (χ3v) is 18.0. The number of rotatable bonds is 14. The van der Waals surface area contributed by atoms with Gasteiger partial charge in [0.25, 0.3) is 11.8 Å². The van der Waals surface area contributed by atoms with Crippen LogP contribution in [0.4, 0.5) is 34.5 Å². The molecule has 5 aromatic rings. The number of aryl methyl sites for hydroxylation is 1. The van der Waals surface area contributed by atoms with E-state index in [9.17, 15) is 23.7 Å². The lowest BCUT2D eigenvalue weighted by molar-refractivity contribution is -0.136. The van der Waals surface area contributed by atoms with Crippen molar-refractivity contribution in [2.45, 2.75) is 69.4 Å². The van der Waals surface area contributed by atoms with Crippen LogP contribution >= 0.6 is 23.1 Å². The van der Waals surface area contributed by atoms with Crippen molar-refractivity contribution in [1.82, 2.24) is 39.8 Å². The molecule has 20 heteroatoms. The van der Waals surface area contributed by atoms with E-state index >= 15 is 0 Å². The number of aromatic nitrogens is 4. The highest BCUT2D eigenvalue weighted by atomic mass is 79.9. The fourth-order valence-electron chi connectivity index (χ4n) is 11.6. The second-order valence-corrected chi connectivity index (χ2v) is 25.2. The lowest BCUT2D eigenvalue weighted by Gasteiger charge is -2.44. The number of imide groups is 2. The van der Waals surface area contributed by atoms with Crippen molar-refractivity contribution >= 4 is 86.5 Å². The Balaban J connectivity index is 0.692. The van der Waals surface area contributed by atoms with Crippen molar-refractivity contribution in [3.63, 3.8) is 0 Å². The number of likely N-dealkylation sites (tertiary alicyclic amines) is 1. The van der Waals surface area contributed by atoms with Crippen LogP contribution in [0.3, 0.4) is 0 Å². The average Bonchev–Trinajstić information content (AvgIpc) is 4.11. The number of carbonyl (C=O) groups is 4. The quantitative estimate of drug-likeness (QED) is 0.0750. The number of hydrogen-bond acceptors (Lipinski definition) is 15. The Morgan fingerprint density at radius 2 is 1.54 bits per heavy atom. The predicted octanol–water partition coefficient (Wildman–Crippen LogP) is 7.17. The highest BCUT2D eigenvalue weighted by Crippen LogP contribution is 2.45. The molecule has 0 bridgehead atoms. The summed E-state index contributed by atoms with van der Waals surface area (Å²) in [4.78, 5) is 71.5. The van der Waals surface area contributed by atoms with E-state index in [1.54, 1.807) is 25.4 Å². The summed E-state index contributed by atoms with van der Waals surface area (Å²) in [6, 6.07) is 15.4. The highest BCUT2D eigenvalue weighted by molar-refractivity contribution is 9.10. The molecule has 2 aromatic heterocycles.